The molecule has 0 saturated heterocycles. The number of aliphatic hydroxyl groups excluding tert-OH is 1. The first-order valence-corrected chi connectivity index (χ1v) is 7.49. The molecule has 0 aliphatic heterocycles. The molecule has 2 N–H and O–H groups in total. The molecule has 21 heavy (non-hydrogen) atoms. The Morgan fingerprint density at radius 2 is 2.19 bits per heavy atom. The van der Waals surface area contributed by atoms with Gasteiger partial charge in [-0.1, -0.05) is 25.1 Å². The van der Waals surface area contributed by atoms with Crippen LogP contribution in [0.5, 0.6) is 0 Å². The number of pyridine rings is 1. The molecule has 1 amide bonds. The molecule has 1 aromatic carbocycles. The van der Waals surface area contributed by atoms with E-state index in [1.165, 1.54) is 0 Å². The van der Waals surface area contributed by atoms with Gasteiger partial charge in [0.2, 0.25) is 5.91 Å². The van der Waals surface area contributed by atoms with Gasteiger partial charge in [0, 0.05) is 18.0 Å². The molecule has 1 saturated carbocycles. The second-order valence-electron chi connectivity index (χ2n) is 5.75. The zero-order valence-electron chi connectivity index (χ0n) is 12.1. The fraction of sp³-hybridized carbons (Fsp3) is 0.412. The van der Waals surface area contributed by atoms with Crippen molar-refractivity contribution in [1.29, 1.82) is 0 Å². The Labute approximate surface area is 124 Å². The minimum absolute atomic E-state index is 0.0366. The second kappa shape index (κ2) is 5.82. The Balaban J connectivity index is 1.91. The SMILES string of the molecule is CCC(=O)N[C@H](c1cnc2ccccc2c1)C1CC(O)C1. The van der Waals surface area contributed by atoms with Crippen molar-refractivity contribution in [2.24, 2.45) is 5.92 Å². The molecular formula is C17H20N2O2. The number of amides is 1. The summed E-state index contributed by atoms with van der Waals surface area (Å²) in [7, 11) is 0. The Morgan fingerprint density at radius 1 is 1.43 bits per heavy atom. The minimum Gasteiger partial charge on any atom is -0.393 e. The molecule has 1 aromatic heterocycles. The average molecular weight is 284 g/mol. The van der Waals surface area contributed by atoms with Gasteiger partial charge in [0.25, 0.3) is 0 Å². The predicted molar refractivity (Wildman–Crippen MR) is 81.6 cm³/mol. The summed E-state index contributed by atoms with van der Waals surface area (Å²) < 4.78 is 0. The van der Waals surface area contributed by atoms with Crippen LogP contribution in [0.3, 0.4) is 0 Å². The topological polar surface area (TPSA) is 62.2 Å². The molecule has 1 heterocycles. The third-order valence-electron chi connectivity index (χ3n) is 4.23. The van der Waals surface area contributed by atoms with Crippen molar-refractivity contribution < 1.29 is 9.90 Å². The predicted octanol–water partition coefficient (Wildman–Crippen LogP) is 2.57. The molecule has 4 nitrogen and oxygen atoms in total. The van der Waals surface area contributed by atoms with Crippen LogP contribution in [0.2, 0.25) is 0 Å². The van der Waals surface area contributed by atoms with E-state index in [1.54, 1.807) is 0 Å². The number of hydrogen-bond donors (Lipinski definition) is 2. The van der Waals surface area contributed by atoms with Gasteiger partial charge in [-0.2, -0.15) is 0 Å². The Kier molecular flexibility index (Phi) is 3.88. The van der Waals surface area contributed by atoms with Gasteiger partial charge in [-0.3, -0.25) is 9.78 Å². The van der Waals surface area contributed by atoms with Crippen LogP contribution in [0.1, 0.15) is 37.8 Å². The zero-order valence-corrected chi connectivity index (χ0v) is 12.1. The molecule has 0 radical (unpaired) electrons. The first-order valence-electron chi connectivity index (χ1n) is 7.49. The highest BCUT2D eigenvalue weighted by molar-refractivity contribution is 5.79. The summed E-state index contributed by atoms with van der Waals surface area (Å²) >= 11 is 0. The average Bonchev–Trinajstić information content (AvgIpc) is 2.49. The number of para-hydroxylation sites is 1. The summed E-state index contributed by atoms with van der Waals surface area (Å²) in [5, 5.41) is 13.7. The number of benzene rings is 1. The summed E-state index contributed by atoms with van der Waals surface area (Å²) in [6, 6.07) is 9.99. The van der Waals surface area contributed by atoms with Crippen molar-refractivity contribution in [3.05, 3.63) is 42.1 Å². The number of nitrogens with one attached hydrogen (secondary N) is 1. The van der Waals surface area contributed by atoms with Crippen molar-refractivity contribution in [3.8, 4) is 0 Å². The van der Waals surface area contributed by atoms with Crippen LogP contribution in [0, 0.1) is 5.92 Å². The van der Waals surface area contributed by atoms with Gasteiger partial charge in [0.05, 0.1) is 17.7 Å². The number of fused-ring (bicyclic) bond motifs is 1. The largest absolute Gasteiger partial charge is 0.393 e. The Bertz CT molecular complexity index is 650. The highest BCUT2D eigenvalue weighted by Crippen LogP contribution is 2.38. The molecule has 0 spiro atoms. The highest BCUT2D eigenvalue weighted by Gasteiger charge is 2.35. The van der Waals surface area contributed by atoms with Gasteiger partial charge in [0.15, 0.2) is 0 Å². The molecule has 1 aliphatic carbocycles. The van der Waals surface area contributed by atoms with E-state index in [-0.39, 0.29) is 18.1 Å². The maximum Gasteiger partial charge on any atom is 0.220 e. The molecule has 3 rings (SSSR count). The highest BCUT2D eigenvalue weighted by atomic mass is 16.3. The van der Waals surface area contributed by atoms with Gasteiger partial charge in [-0.05, 0) is 36.5 Å². The van der Waals surface area contributed by atoms with Crippen molar-refractivity contribution in [2.45, 2.75) is 38.3 Å². The van der Waals surface area contributed by atoms with Gasteiger partial charge >= 0.3 is 0 Å². The van der Waals surface area contributed by atoms with Crippen LogP contribution in [0.25, 0.3) is 10.9 Å². The summed E-state index contributed by atoms with van der Waals surface area (Å²) in [4.78, 5) is 16.3. The van der Waals surface area contributed by atoms with Crippen LogP contribution in [0.15, 0.2) is 36.5 Å². The number of carbonyl (C=O) groups excluding carboxylic acids is 1. The molecule has 1 fully saturated rings. The molecule has 1 aliphatic rings. The molecule has 4 heteroatoms. The van der Waals surface area contributed by atoms with Gasteiger partial charge in [-0.25, -0.2) is 0 Å². The summed E-state index contributed by atoms with van der Waals surface area (Å²) in [6.07, 6.45) is 3.55. The number of hydrogen-bond acceptors (Lipinski definition) is 3. The number of nitrogens with zero attached hydrogens (tertiary/aromatic N) is 1. The van der Waals surface area contributed by atoms with E-state index in [9.17, 15) is 9.90 Å². The van der Waals surface area contributed by atoms with Crippen molar-refractivity contribution in [3.63, 3.8) is 0 Å². The van der Waals surface area contributed by atoms with E-state index in [1.807, 2.05) is 37.4 Å². The molecule has 0 bridgehead atoms. The summed E-state index contributed by atoms with van der Waals surface area (Å²) in [6.45, 7) is 1.85. The van der Waals surface area contributed by atoms with Crippen molar-refractivity contribution >= 4 is 16.8 Å². The quantitative estimate of drug-likeness (QED) is 0.907. The first kappa shape index (κ1) is 14.0. The van der Waals surface area contributed by atoms with Gasteiger partial charge in [0.1, 0.15) is 0 Å². The van der Waals surface area contributed by atoms with Crippen LogP contribution in [0.4, 0.5) is 0 Å². The maximum absolute atomic E-state index is 11.8. The third-order valence-corrected chi connectivity index (χ3v) is 4.23. The zero-order chi connectivity index (χ0) is 14.8. The fourth-order valence-electron chi connectivity index (χ4n) is 2.91. The van der Waals surface area contributed by atoms with Crippen LogP contribution < -0.4 is 5.32 Å². The lowest BCUT2D eigenvalue weighted by atomic mass is 9.75. The molecular weight excluding hydrogens is 264 g/mol. The maximum atomic E-state index is 11.8. The molecule has 1 atom stereocenters. The Hall–Kier alpha value is -1.94. The summed E-state index contributed by atoms with van der Waals surface area (Å²) in [5.41, 5.74) is 1.97. The monoisotopic (exact) mass is 284 g/mol. The van der Waals surface area contributed by atoms with Gasteiger partial charge < -0.3 is 10.4 Å². The minimum atomic E-state index is -0.232. The summed E-state index contributed by atoms with van der Waals surface area (Å²) in [5.74, 6) is 0.327. The normalized spacial score (nSPS) is 22.6. The van der Waals surface area contributed by atoms with Crippen LogP contribution in [-0.4, -0.2) is 22.1 Å². The number of rotatable bonds is 4. The third kappa shape index (κ3) is 2.90. The lowest BCUT2D eigenvalue weighted by Crippen LogP contribution is -2.41. The van der Waals surface area contributed by atoms with Crippen LogP contribution in [-0.2, 0) is 4.79 Å². The van der Waals surface area contributed by atoms with Gasteiger partial charge in [-0.15, -0.1) is 0 Å². The van der Waals surface area contributed by atoms with E-state index in [2.05, 4.69) is 16.4 Å². The lowest BCUT2D eigenvalue weighted by Gasteiger charge is -2.38. The number of aromatic nitrogens is 1. The van der Waals surface area contributed by atoms with E-state index in [0.29, 0.717) is 12.3 Å². The number of aliphatic hydroxyl groups is 1. The standard InChI is InChI=1S/C17H20N2O2/c1-2-16(21)19-17(12-8-14(20)9-12)13-7-11-5-3-4-6-15(11)18-10-13/h3-7,10,12,14,17,20H,2,8-9H2,1H3,(H,19,21)/t12?,14?,17-/m0/s1. The fourth-order valence-corrected chi connectivity index (χ4v) is 2.91. The molecule has 110 valence electrons. The molecule has 0 unspecified atom stereocenters. The second-order valence-corrected chi connectivity index (χ2v) is 5.75. The van der Waals surface area contributed by atoms with E-state index in [0.717, 1.165) is 29.3 Å². The van der Waals surface area contributed by atoms with Crippen molar-refractivity contribution in [1.82, 2.24) is 10.3 Å². The lowest BCUT2D eigenvalue weighted by molar-refractivity contribution is -0.122. The van der Waals surface area contributed by atoms with E-state index >= 15 is 0 Å². The first-order chi connectivity index (χ1) is 10.2. The number of carbonyl (C=O) groups is 1. The van der Waals surface area contributed by atoms with Crippen LogP contribution >= 0.6 is 0 Å². The van der Waals surface area contributed by atoms with E-state index < -0.39 is 0 Å². The smallest absolute Gasteiger partial charge is 0.220 e. The molecule has 2 aromatic rings. The van der Waals surface area contributed by atoms with Crippen molar-refractivity contribution in [2.75, 3.05) is 0 Å². The Morgan fingerprint density at radius 3 is 2.90 bits per heavy atom. The van der Waals surface area contributed by atoms with E-state index in [4.69, 9.17) is 0 Å².